The fraction of sp³-hybridized carbons (Fsp3) is 0. The molecule has 0 bridgehead atoms. The maximum Gasteiger partial charge on any atom is 0.336 e. The van der Waals surface area contributed by atoms with Crippen LogP contribution in [0.25, 0.3) is 0 Å². The number of hydrogen-bond donors (Lipinski definition) is 2. The van der Waals surface area contributed by atoms with Gasteiger partial charge < -0.3 is 10.2 Å². The summed E-state index contributed by atoms with van der Waals surface area (Å²) in [4.78, 5) is 21.1. The van der Waals surface area contributed by atoms with Gasteiger partial charge in [0.1, 0.15) is 5.82 Å². The molecule has 74 valence electrons. The molecule has 14 heavy (non-hydrogen) atoms. The molecule has 0 saturated carbocycles. The number of carbonyl (C=O) groups is 2. The van der Waals surface area contributed by atoms with Crippen molar-refractivity contribution in [3.8, 4) is 0 Å². The number of benzene rings is 1. The third-order valence-electron chi connectivity index (χ3n) is 1.52. The van der Waals surface area contributed by atoms with Gasteiger partial charge >= 0.3 is 11.9 Å². The lowest BCUT2D eigenvalue weighted by Gasteiger charge is -2.02. The molecular formula is C8H4ClFO4. The van der Waals surface area contributed by atoms with E-state index in [2.05, 4.69) is 0 Å². The molecule has 0 aromatic heterocycles. The predicted octanol–water partition coefficient (Wildman–Crippen LogP) is 1.88. The molecule has 2 N–H and O–H groups in total. The van der Waals surface area contributed by atoms with E-state index in [0.717, 1.165) is 6.07 Å². The molecular weight excluding hydrogens is 215 g/mol. The van der Waals surface area contributed by atoms with Gasteiger partial charge in [-0.05, 0) is 12.1 Å². The van der Waals surface area contributed by atoms with E-state index in [4.69, 9.17) is 21.8 Å². The summed E-state index contributed by atoms with van der Waals surface area (Å²) in [6.07, 6.45) is 0. The molecule has 0 amide bonds. The van der Waals surface area contributed by atoms with E-state index < -0.39 is 33.9 Å². The van der Waals surface area contributed by atoms with Gasteiger partial charge in [0.15, 0.2) is 0 Å². The molecule has 0 spiro atoms. The molecule has 0 fully saturated rings. The predicted molar refractivity (Wildman–Crippen MR) is 45.3 cm³/mol. The molecule has 0 aliphatic carbocycles. The van der Waals surface area contributed by atoms with Crippen molar-refractivity contribution in [2.75, 3.05) is 0 Å². The van der Waals surface area contributed by atoms with Crippen LogP contribution in [-0.4, -0.2) is 22.2 Å². The quantitative estimate of drug-likeness (QED) is 0.795. The zero-order valence-corrected chi connectivity index (χ0v) is 7.38. The number of aromatic carboxylic acids is 2. The SMILES string of the molecule is O=C(O)c1cc(F)c(Cl)cc1C(=O)O. The molecule has 1 aromatic rings. The van der Waals surface area contributed by atoms with Crippen LogP contribution in [0.5, 0.6) is 0 Å². The molecule has 0 heterocycles. The molecule has 1 rings (SSSR count). The van der Waals surface area contributed by atoms with Gasteiger partial charge in [-0.25, -0.2) is 14.0 Å². The Morgan fingerprint density at radius 2 is 1.57 bits per heavy atom. The van der Waals surface area contributed by atoms with E-state index in [0.29, 0.717) is 6.07 Å². The average Bonchev–Trinajstić information content (AvgIpc) is 2.08. The zero-order valence-electron chi connectivity index (χ0n) is 6.62. The van der Waals surface area contributed by atoms with Crippen molar-refractivity contribution >= 4 is 23.5 Å². The summed E-state index contributed by atoms with van der Waals surface area (Å²) in [5, 5.41) is 16.7. The lowest BCUT2D eigenvalue weighted by atomic mass is 10.1. The van der Waals surface area contributed by atoms with Gasteiger partial charge in [-0.1, -0.05) is 11.6 Å². The zero-order chi connectivity index (χ0) is 10.9. The maximum absolute atomic E-state index is 12.8. The Labute approximate surface area is 82.5 Å². The summed E-state index contributed by atoms with van der Waals surface area (Å²) in [6.45, 7) is 0. The van der Waals surface area contributed by atoms with Crippen molar-refractivity contribution < 1.29 is 24.2 Å². The third-order valence-corrected chi connectivity index (χ3v) is 1.81. The molecule has 0 radical (unpaired) electrons. The Bertz CT molecular complexity index is 377. The minimum Gasteiger partial charge on any atom is -0.478 e. The highest BCUT2D eigenvalue weighted by molar-refractivity contribution is 6.31. The van der Waals surface area contributed by atoms with E-state index in [1.165, 1.54) is 0 Å². The molecule has 0 atom stereocenters. The fourth-order valence-electron chi connectivity index (χ4n) is 0.901. The first kappa shape index (κ1) is 10.5. The molecule has 6 heteroatoms. The van der Waals surface area contributed by atoms with Crippen LogP contribution in [-0.2, 0) is 0 Å². The summed E-state index contributed by atoms with van der Waals surface area (Å²) in [7, 11) is 0. The first-order chi connectivity index (χ1) is 6.43. The normalized spacial score (nSPS) is 9.86. The van der Waals surface area contributed by atoms with Crippen LogP contribution in [0.4, 0.5) is 4.39 Å². The second kappa shape index (κ2) is 3.63. The highest BCUT2D eigenvalue weighted by atomic mass is 35.5. The summed E-state index contributed by atoms with van der Waals surface area (Å²) in [6, 6.07) is 1.34. The lowest BCUT2D eigenvalue weighted by molar-refractivity contribution is 0.0651. The number of carboxylic acid groups (broad SMARTS) is 2. The molecule has 0 aliphatic heterocycles. The van der Waals surface area contributed by atoms with E-state index in [1.807, 2.05) is 0 Å². The van der Waals surface area contributed by atoms with Crippen LogP contribution in [0.15, 0.2) is 12.1 Å². The number of rotatable bonds is 2. The van der Waals surface area contributed by atoms with Crippen molar-refractivity contribution in [1.82, 2.24) is 0 Å². The van der Waals surface area contributed by atoms with Crippen LogP contribution in [0.3, 0.4) is 0 Å². The molecule has 4 nitrogen and oxygen atoms in total. The summed E-state index contributed by atoms with van der Waals surface area (Å²) in [5.41, 5.74) is -1.16. The van der Waals surface area contributed by atoms with Crippen molar-refractivity contribution in [3.05, 3.63) is 34.1 Å². The Morgan fingerprint density at radius 1 is 1.14 bits per heavy atom. The van der Waals surface area contributed by atoms with Crippen molar-refractivity contribution in [3.63, 3.8) is 0 Å². The Balaban J connectivity index is 3.46. The first-order valence-electron chi connectivity index (χ1n) is 3.39. The maximum atomic E-state index is 12.8. The van der Waals surface area contributed by atoms with E-state index in [1.54, 1.807) is 0 Å². The van der Waals surface area contributed by atoms with Crippen molar-refractivity contribution in [2.24, 2.45) is 0 Å². The van der Waals surface area contributed by atoms with E-state index in [9.17, 15) is 14.0 Å². The highest BCUT2D eigenvalue weighted by Gasteiger charge is 2.18. The van der Waals surface area contributed by atoms with Gasteiger partial charge in [-0.2, -0.15) is 0 Å². The summed E-state index contributed by atoms with van der Waals surface area (Å²) in [5.74, 6) is -3.95. The Kier molecular flexibility index (Phi) is 2.71. The van der Waals surface area contributed by atoms with Crippen LogP contribution in [0.2, 0.25) is 5.02 Å². The number of hydrogen-bond acceptors (Lipinski definition) is 2. The lowest BCUT2D eigenvalue weighted by Crippen LogP contribution is -2.08. The van der Waals surface area contributed by atoms with Gasteiger partial charge in [-0.3, -0.25) is 0 Å². The van der Waals surface area contributed by atoms with Gasteiger partial charge in [0.25, 0.3) is 0 Å². The summed E-state index contributed by atoms with van der Waals surface area (Å²) < 4.78 is 12.8. The van der Waals surface area contributed by atoms with Crippen LogP contribution < -0.4 is 0 Å². The number of halogens is 2. The van der Waals surface area contributed by atoms with E-state index >= 15 is 0 Å². The minimum absolute atomic E-state index is 0.424. The second-order valence-corrected chi connectivity index (χ2v) is 2.83. The fourth-order valence-corrected chi connectivity index (χ4v) is 1.06. The van der Waals surface area contributed by atoms with E-state index in [-0.39, 0.29) is 0 Å². The summed E-state index contributed by atoms with van der Waals surface area (Å²) >= 11 is 5.30. The minimum atomic E-state index is -1.52. The van der Waals surface area contributed by atoms with Crippen molar-refractivity contribution in [2.45, 2.75) is 0 Å². The van der Waals surface area contributed by atoms with Crippen LogP contribution in [0.1, 0.15) is 20.7 Å². The third kappa shape index (κ3) is 1.82. The largest absolute Gasteiger partial charge is 0.478 e. The van der Waals surface area contributed by atoms with Crippen molar-refractivity contribution in [1.29, 1.82) is 0 Å². The standard InChI is InChI=1S/C8H4ClFO4/c9-5-1-3(7(11)12)4(8(13)14)2-6(5)10/h1-2H,(H,11,12)(H,13,14). The molecule has 0 aliphatic rings. The smallest absolute Gasteiger partial charge is 0.336 e. The first-order valence-corrected chi connectivity index (χ1v) is 3.77. The molecule has 0 saturated heterocycles. The average molecular weight is 219 g/mol. The van der Waals surface area contributed by atoms with Gasteiger partial charge in [0, 0.05) is 0 Å². The monoisotopic (exact) mass is 218 g/mol. The highest BCUT2D eigenvalue weighted by Crippen LogP contribution is 2.20. The topological polar surface area (TPSA) is 74.6 Å². The number of carboxylic acids is 2. The van der Waals surface area contributed by atoms with Gasteiger partial charge in [0.05, 0.1) is 16.1 Å². The molecule has 1 aromatic carbocycles. The second-order valence-electron chi connectivity index (χ2n) is 2.42. The van der Waals surface area contributed by atoms with Crippen LogP contribution in [0, 0.1) is 5.82 Å². The molecule has 0 unspecified atom stereocenters. The van der Waals surface area contributed by atoms with Crippen LogP contribution >= 0.6 is 11.6 Å². The Hall–Kier alpha value is -1.62. The Morgan fingerprint density at radius 3 is 2.00 bits per heavy atom. The van der Waals surface area contributed by atoms with Gasteiger partial charge in [-0.15, -0.1) is 0 Å². The van der Waals surface area contributed by atoms with Gasteiger partial charge in [0.2, 0.25) is 0 Å².